The first-order valence-corrected chi connectivity index (χ1v) is 8.68. The molecule has 7 heteroatoms. The van der Waals surface area contributed by atoms with Crippen LogP contribution in [0.25, 0.3) is 0 Å². The van der Waals surface area contributed by atoms with Gasteiger partial charge in [-0.1, -0.05) is 6.42 Å². The maximum atomic E-state index is 12.9. The van der Waals surface area contributed by atoms with Gasteiger partial charge in [0.25, 0.3) is 0 Å². The molecule has 2 aliphatic rings. The Morgan fingerprint density at radius 3 is 3.12 bits per heavy atom. The molecule has 0 N–H and O–H groups in total. The molecule has 4 rings (SSSR count). The Balaban J connectivity index is 1.54. The van der Waals surface area contributed by atoms with Crippen LogP contribution in [0.5, 0.6) is 5.75 Å². The summed E-state index contributed by atoms with van der Waals surface area (Å²) in [5, 5.41) is 8.28. The summed E-state index contributed by atoms with van der Waals surface area (Å²) in [6, 6.07) is 3.64. The summed E-state index contributed by atoms with van der Waals surface area (Å²) >= 11 is 0. The van der Waals surface area contributed by atoms with Crippen molar-refractivity contribution in [3.63, 3.8) is 0 Å². The van der Waals surface area contributed by atoms with Crippen molar-refractivity contribution in [2.45, 2.75) is 38.0 Å². The molecule has 1 aliphatic heterocycles. The fraction of sp³-hybridized carbons (Fsp3) is 0.556. The minimum Gasteiger partial charge on any atom is -0.495 e. The summed E-state index contributed by atoms with van der Waals surface area (Å²) in [6.07, 6.45) is 5.17. The molecule has 0 unspecified atom stereocenters. The third kappa shape index (κ3) is 2.67. The molecule has 0 aromatic carbocycles. The van der Waals surface area contributed by atoms with Crippen LogP contribution < -0.4 is 4.74 Å². The number of rotatable bonds is 4. The van der Waals surface area contributed by atoms with Crippen LogP contribution >= 0.6 is 0 Å². The number of ether oxygens (including phenoxy) is 1. The van der Waals surface area contributed by atoms with Gasteiger partial charge < -0.3 is 14.1 Å². The maximum Gasteiger partial charge on any atom is 0.228 e. The van der Waals surface area contributed by atoms with E-state index in [0.29, 0.717) is 35.7 Å². The van der Waals surface area contributed by atoms with Gasteiger partial charge in [0.1, 0.15) is 5.75 Å². The van der Waals surface area contributed by atoms with Crippen LogP contribution in [0.3, 0.4) is 0 Å². The molecule has 0 spiro atoms. The number of carbonyl (C=O) groups excluding carboxylic acids is 1. The van der Waals surface area contributed by atoms with E-state index < -0.39 is 0 Å². The van der Waals surface area contributed by atoms with E-state index in [2.05, 4.69) is 15.2 Å². The second-order valence-electron chi connectivity index (χ2n) is 6.97. The monoisotopic (exact) mass is 342 g/mol. The van der Waals surface area contributed by atoms with E-state index in [1.807, 2.05) is 17.9 Å². The van der Waals surface area contributed by atoms with E-state index >= 15 is 0 Å². The Hall–Kier alpha value is -2.44. The molecule has 2 atom stereocenters. The average Bonchev–Trinajstić information content (AvgIpc) is 3.29. The average molecular weight is 342 g/mol. The van der Waals surface area contributed by atoms with Crippen molar-refractivity contribution in [2.24, 2.45) is 5.92 Å². The summed E-state index contributed by atoms with van der Waals surface area (Å²) in [5.41, 5.74) is 0.500. The van der Waals surface area contributed by atoms with E-state index in [1.54, 1.807) is 19.4 Å². The van der Waals surface area contributed by atoms with Gasteiger partial charge >= 0.3 is 0 Å². The van der Waals surface area contributed by atoms with E-state index in [0.717, 1.165) is 25.8 Å². The highest BCUT2D eigenvalue weighted by molar-refractivity contribution is 5.79. The molecule has 1 amide bonds. The maximum absolute atomic E-state index is 12.9. The Labute approximate surface area is 146 Å². The topological polar surface area (TPSA) is 81.4 Å². The normalized spacial score (nSPS) is 25.2. The SMILES string of the molecule is COc1cccnc1CC(=O)N1C[C@@H]2CCC[C@]2(c2nnc(C)o2)C1. The molecule has 2 fully saturated rings. The molecule has 3 heterocycles. The van der Waals surface area contributed by atoms with Crippen LogP contribution in [-0.2, 0) is 16.6 Å². The summed E-state index contributed by atoms with van der Waals surface area (Å²) in [5.74, 6) is 2.39. The first-order chi connectivity index (χ1) is 12.1. The quantitative estimate of drug-likeness (QED) is 0.844. The second kappa shape index (κ2) is 6.13. The fourth-order valence-corrected chi connectivity index (χ4v) is 4.32. The standard InChI is InChI=1S/C18H22N4O3/c1-12-20-21-17(25-12)18-7-3-5-13(18)10-22(11-18)16(23)9-14-15(24-2)6-4-8-19-14/h4,6,8,13H,3,5,7,9-11H2,1-2H3/t13-,18-/m0/s1. The molecule has 1 aliphatic carbocycles. The van der Waals surface area contributed by atoms with Gasteiger partial charge in [0.2, 0.25) is 17.7 Å². The molecular weight excluding hydrogens is 320 g/mol. The number of carbonyl (C=O) groups is 1. The zero-order valence-corrected chi connectivity index (χ0v) is 14.6. The van der Waals surface area contributed by atoms with Crippen molar-refractivity contribution in [2.75, 3.05) is 20.2 Å². The predicted octanol–water partition coefficient (Wildman–Crippen LogP) is 1.90. The lowest BCUT2D eigenvalue weighted by Crippen LogP contribution is -2.35. The molecule has 2 aromatic heterocycles. The molecule has 7 nitrogen and oxygen atoms in total. The smallest absolute Gasteiger partial charge is 0.228 e. The van der Waals surface area contributed by atoms with Gasteiger partial charge in [-0.25, -0.2) is 0 Å². The van der Waals surface area contributed by atoms with E-state index in [9.17, 15) is 4.79 Å². The van der Waals surface area contributed by atoms with Gasteiger partial charge in [-0.2, -0.15) is 0 Å². The van der Waals surface area contributed by atoms with E-state index in [-0.39, 0.29) is 17.7 Å². The predicted molar refractivity (Wildman–Crippen MR) is 89.1 cm³/mol. The number of methoxy groups -OCH3 is 1. The Bertz CT molecular complexity index is 790. The van der Waals surface area contributed by atoms with Crippen molar-refractivity contribution in [1.82, 2.24) is 20.1 Å². The molecule has 0 radical (unpaired) electrons. The number of amides is 1. The Morgan fingerprint density at radius 2 is 2.36 bits per heavy atom. The molecule has 25 heavy (non-hydrogen) atoms. The van der Waals surface area contributed by atoms with Crippen LogP contribution in [0, 0.1) is 12.8 Å². The van der Waals surface area contributed by atoms with Crippen molar-refractivity contribution >= 4 is 5.91 Å². The number of nitrogens with zero attached hydrogens (tertiary/aromatic N) is 4. The number of aromatic nitrogens is 3. The van der Waals surface area contributed by atoms with Crippen LogP contribution in [-0.4, -0.2) is 46.2 Å². The number of pyridine rings is 1. The van der Waals surface area contributed by atoms with Crippen LogP contribution in [0.15, 0.2) is 22.7 Å². The minimum absolute atomic E-state index is 0.0713. The van der Waals surface area contributed by atoms with Crippen molar-refractivity contribution in [1.29, 1.82) is 0 Å². The van der Waals surface area contributed by atoms with Crippen LogP contribution in [0.4, 0.5) is 0 Å². The zero-order valence-electron chi connectivity index (χ0n) is 14.6. The second-order valence-corrected chi connectivity index (χ2v) is 6.97. The Morgan fingerprint density at radius 1 is 1.48 bits per heavy atom. The largest absolute Gasteiger partial charge is 0.495 e. The number of hydrogen-bond acceptors (Lipinski definition) is 6. The summed E-state index contributed by atoms with van der Waals surface area (Å²) < 4.78 is 11.1. The van der Waals surface area contributed by atoms with Gasteiger partial charge in [0.05, 0.1) is 24.6 Å². The zero-order chi connectivity index (χ0) is 17.4. The first kappa shape index (κ1) is 16.1. The minimum atomic E-state index is -0.175. The molecule has 0 bridgehead atoms. The van der Waals surface area contributed by atoms with E-state index in [1.165, 1.54) is 0 Å². The molecular formula is C18H22N4O3. The summed E-state index contributed by atoms with van der Waals surface area (Å²) in [7, 11) is 1.60. The highest BCUT2D eigenvalue weighted by atomic mass is 16.5. The molecule has 1 saturated heterocycles. The number of fused-ring (bicyclic) bond motifs is 1. The van der Waals surface area contributed by atoms with Crippen molar-refractivity contribution < 1.29 is 13.9 Å². The fourth-order valence-electron chi connectivity index (χ4n) is 4.32. The third-order valence-electron chi connectivity index (χ3n) is 5.56. The van der Waals surface area contributed by atoms with Gasteiger partial charge in [-0.3, -0.25) is 9.78 Å². The number of hydrogen-bond donors (Lipinski definition) is 0. The first-order valence-electron chi connectivity index (χ1n) is 8.68. The van der Waals surface area contributed by atoms with E-state index in [4.69, 9.17) is 9.15 Å². The lowest BCUT2D eigenvalue weighted by molar-refractivity contribution is -0.129. The molecule has 132 valence electrons. The Kier molecular flexibility index (Phi) is 3.94. The molecule has 1 saturated carbocycles. The number of aryl methyl sites for hydroxylation is 1. The van der Waals surface area contributed by atoms with Crippen LogP contribution in [0.1, 0.15) is 36.7 Å². The summed E-state index contributed by atoms with van der Waals surface area (Å²) in [6.45, 7) is 3.20. The lowest BCUT2D eigenvalue weighted by Gasteiger charge is -2.24. The van der Waals surface area contributed by atoms with Gasteiger partial charge in [-0.05, 0) is 30.9 Å². The molecule has 2 aromatic rings. The lowest BCUT2D eigenvalue weighted by atomic mass is 9.80. The third-order valence-corrected chi connectivity index (χ3v) is 5.56. The van der Waals surface area contributed by atoms with Gasteiger partial charge in [-0.15, -0.1) is 10.2 Å². The van der Waals surface area contributed by atoms with Gasteiger partial charge in [0, 0.05) is 26.2 Å². The van der Waals surface area contributed by atoms with Crippen molar-refractivity contribution in [3.8, 4) is 5.75 Å². The van der Waals surface area contributed by atoms with Gasteiger partial charge in [0.15, 0.2) is 0 Å². The highest BCUT2D eigenvalue weighted by Crippen LogP contribution is 2.50. The van der Waals surface area contributed by atoms with Crippen LogP contribution in [0.2, 0.25) is 0 Å². The summed E-state index contributed by atoms with van der Waals surface area (Å²) in [4.78, 5) is 19.1. The van der Waals surface area contributed by atoms with Crippen molar-refractivity contribution in [3.05, 3.63) is 35.8 Å². The highest BCUT2D eigenvalue weighted by Gasteiger charge is 2.54. The number of likely N-dealkylation sites (tertiary alicyclic amines) is 1.